The Balaban J connectivity index is 1.45. The Morgan fingerprint density at radius 1 is 1.03 bits per heavy atom. The number of rotatable bonds is 5. The van der Waals surface area contributed by atoms with Crippen LogP contribution in [0.5, 0.6) is 11.5 Å². The van der Waals surface area contributed by atoms with Crippen LogP contribution in [0.2, 0.25) is 0 Å². The van der Waals surface area contributed by atoms with E-state index in [0.717, 1.165) is 39.8 Å². The molecule has 1 fully saturated rings. The van der Waals surface area contributed by atoms with Gasteiger partial charge >= 0.3 is 0 Å². The normalized spacial score (nSPS) is 18.7. The second kappa shape index (κ2) is 8.70. The molecule has 0 bridgehead atoms. The van der Waals surface area contributed by atoms with Gasteiger partial charge in [0.05, 0.1) is 17.8 Å². The number of hydrogen-bond acceptors (Lipinski definition) is 5. The quantitative estimate of drug-likeness (QED) is 0.410. The zero-order valence-corrected chi connectivity index (χ0v) is 20.3. The molecule has 1 N–H and O–H groups in total. The monoisotopic (exact) mass is 483 g/mol. The summed E-state index contributed by atoms with van der Waals surface area (Å²) in [5.41, 5.74) is 6.59. The first-order chi connectivity index (χ1) is 17.1. The highest BCUT2D eigenvalue weighted by Crippen LogP contribution is 2.43. The smallest absolute Gasteiger partial charge is 0.231 e. The van der Waals surface area contributed by atoms with Crippen LogP contribution in [0, 0.1) is 13.8 Å². The van der Waals surface area contributed by atoms with E-state index in [1.165, 1.54) is 5.56 Å². The fraction of sp³-hybridized carbons (Fsp3) is 0.222. The first-order valence-electron chi connectivity index (χ1n) is 11.6. The third-order valence-corrected chi connectivity index (χ3v) is 7.03. The lowest BCUT2D eigenvalue weighted by atomic mass is 9.96. The molecule has 176 valence electrons. The lowest BCUT2D eigenvalue weighted by Crippen LogP contribution is -2.29. The Kier molecular flexibility index (Phi) is 5.37. The summed E-state index contributed by atoms with van der Waals surface area (Å²) in [6, 6.07) is 18.3. The second-order valence-corrected chi connectivity index (χ2v) is 9.20. The highest BCUT2D eigenvalue weighted by Gasteiger charge is 2.41. The highest BCUT2D eigenvalue weighted by atomic mass is 32.1. The number of fused-ring (bicyclic) bond motifs is 1. The van der Waals surface area contributed by atoms with Gasteiger partial charge in [-0.25, -0.2) is 0 Å². The Morgan fingerprint density at radius 2 is 1.91 bits per heavy atom. The van der Waals surface area contributed by atoms with Crippen molar-refractivity contribution in [3.63, 3.8) is 0 Å². The summed E-state index contributed by atoms with van der Waals surface area (Å²) in [4.78, 5) is 11.2. The van der Waals surface area contributed by atoms with Crippen molar-refractivity contribution in [3.05, 3.63) is 101 Å². The van der Waals surface area contributed by atoms with Crippen molar-refractivity contribution in [2.45, 2.75) is 32.5 Å². The van der Waals surface area contributed by atoms with E-state index in [4.69, 9.17) is 21.7 Å². The first kappa shape index (κ1) is 21.6. The van der Waals surface area contributed by atoms with Crippen LogP contribution in [0.3, 0.4) is 0 Å². The fourth-order valence-electron chi connectivity index (χ4n) is 5.11. The van der Waals surface area contributed by atoms with Gasteiger partial charge in [0.2, 0.25) is 6.79 Å². The fourth-order valence-corrected chi connectivity index (χ4v) is 5.42. The zero-order valence-electron chi connectivity index (χ0n) is 19.5. The minimum atomic E-state index is -0.0777. The summed E-state index contributed by atoms with van der Waals surface area (Å²) in [6.45, 7) is 5.20. The van der Waals surface area contributed by atoms with Crippen molar-refractivity contribution in [1.82, 2.24) is 24.8 Å². The van der Waals surface area contributed by atoms with Crippen molar-refractivity contribution < 1.29 is 9.47 Å². The largest absolute Gasteiger partial charge is 0.454 e. The first-order valence-corrected chi connectivity index (χ1v) is 12.0. The van der Waals surface area contributed by atoms with Gasteiger partial charge in [-0.15, -0.1) is 0 Å². The van der Waals surface area contributed by atoms with Crippen molar-refractivity contribution in [3.8, 4) is 17.2 Å². The van der Waals surface area contributed by atoms with Crippen LogP contribution in [0.25, 0.3) is 5.69 Å². The molecule has 6 rings (SSSR count). The van der Waals surface area contributed by atoms with Crippen LogP contribution in [0.1, 0.15) is 40.3 Å². The van der Waals surface area contributed by atoms with Crippen molar-refractivity contribution >= 4 is 17.3 Å². The molecular weight excluding hydrogens is 458 g/mol. The number of nitrogens with one attached hydrogen (secondary N) is 1. The lowest BCUT2D eigenvalue weighted by Gasteiger charge is -2.28. The molecule has 2 atom stereocenters. The summed E-state index contributed by atoms with van der Waals surface area (Å²) in [7, 11) is 0. The van der Waals surface area contributed by atoms with Gasteiger partial charge in [-0.3, -0.25) is 9.97 Å². The Hall–Kier alpha value is -3.91. The maximum Gasteiger partial charge on any atom is 0.231 e. The summed E-state index contributed by atoms with van der Waals surface area (Å²) in [5.74, 6) is 1.55. The SMILES string of the molecule is Cc1cc([C@H]2[C@H](c3ccccn3)NC(=S)N2Cc2cccnc2)c(C)n1-c1ccc2c(c1)OCO2. The van der Waals surface area contributed by atoms with Gasteiger partial charge in [0.1, 0.15) is 0 Å². The average Bonchev–Trinajstić information content (AvgIpc) is 3.56. The number of pyridine rings is 2. The molecule has 1 saturated heterocycles. The van der Waals surface area contributed by atoms with Gasteiger partial charge in [0.15, 0.2) is 16.6 Å². The molecule has 0 saturated carbocycles. The van der Waals surface area contributed by atoms with E-state index >= 15 is 0 Å². The van der Waals surface area contributed by atoms with Crippen LogP contribution in [0.15, 0.2) is 73.2 Å². The molecule has 2 aliphatic heterocycles. The van der Waals surface area contributed by atoms with Crippen molar-refractivity contribution in [2.24, 2.45) is 0 Å². The molecule has 7 nitrogen and oxygen atoms in total. The second-order valence-electron chi connectivity index (χ2n) is 8.82. The molecule has 0 aliphatic carbocycles. The van der Waals surface area contributed by atoms with Crippen LogP contribution >= 0.6 is 12.2 Å². The van der Waals surface area contributed by atoms with E-state index in [1.54, 1.807) is 6.20 Å². The maximum atomic E-state index is 5.85. The lowest BCUT2D eigenvalue weighted by molar-refractivity contribution is 0.174. The number of nitrogens with zero attached hydrogens (tertiary/aromatic N) is 4. The van der Waals surface area contributed by atoms with Gasteiger partial charge in [-0.05, 0) is 73.6 Å². The van der Waals surface area contributed by atoms with E-state index in [0.29, 0.717) is 11.7 Å². The predicted octanol–water partition coefficient (Wildman–Crippen LogP) is 4.79. The molecule has 0 unspecified atom stereocenters. The van der Waals surface area contributed by atoms with E-state index in [9.17, 15) is 0 Å². The number of aryl methyl sites for hydroxylation is 1. The maximum absolute atomic E-state index is 5.85. The number of hydrogen-bond donors (Lipinski definition) is 1. The molecule has 35 heavy (non-hydrogen) atoms. The van der Waals surface area contributed by atoms with Gasteiger partial charge in [0.25, 0.3) is 0 Å². The molecular formula is C27H25N5O2S. The highest BCUT2D eigenvalue weighted by molar-refractivity contribution is 7.80. The molecule has 1 aromatic carbocycles. The Morgan fingerprint density at radius 3 is 2.71 bits per heavy atom. The number of thiocarbonyl (C=S) groups is 1. The van der Waals surface area contributed by atoms with E-state index in [1.807, 2.05) is 42.7 Å². The minimum Gasteiger partial charge on any atom is -0.454 e. The van der Waals surface area contributed by atoms with Gasteiger partial charge in [-0.1, -0.05) is 12.1 Å². The summed E-state index contributed by atoms with van der Waals surface area (Å²) >= 11 is 5.85. The van der Waals surface area contributed by atoms with E-state index < -0.39 is 0 Å². The summed E-state index contributed by atoms with van der Waals surface area (Å²) in [5, 5.41) is 4.26. The average molecular weight is 484 g/mol. The molecule has 8 heteroatoms. The number of aromatic nitrogens is 3. The standard InChI is InChI=1S/C27H25N5O2S/c1-17-12-21(18(2)32(17)20-8-9-23-24(13-20)34-16-33-23)26-25(22-7-3-4-11-29-22)30-27(35)31(26)15-19-6-5-10-28-14-19/h3-14,25-26H,15-16H2,1-2H3,(H,30,35)/t25-,26-/m0/s1. The third-order valence-electron chi connectivity index (χ3n) is 6.68. The molecule has 3 aromatic heterocycles. The molecule has 0 spiro atoms. The van der Waals surface area contributed by atoms with Crippen LogP contribution in [-0.2, 0) is 6.54 Å². The molecule has 0 radical (unpaired) electrons. The van der Waals surface area contributed by atoms with Crippen LogP contribution in [0.4, 0.5) is 0 Å². The van der Waals surface area contributed by atoms with Crippen LogP contribution in [-0.4, -0.2) is 31.3 Å². The topological polar surface area (TPSA) is 64.4 Å². The predicted molar refractivity (Wildman–Crippen MR) is 137 cm³/mol. The van der Waals surface area contributed by atoms with Gasteiger partial charge in [-0.2, -0.15) is 0 Å². The van der Waals surface area contributed by atoms with Crippen LogP contribution < -0.4 is 14.8 Å². The van der Waals surface area contributed by atoms with Gasteiger partial charge < -0.3 is 24.3 Å². The molecule has 5 heterocycles. The van der Waals surface area contributed by atoms with E-state index in [2.05, 4.69) is 62.9 Å². The Labute approximate surface area is 209 Å². The molecule has 0 amide bonds. The molecule has 4 aromatic rings. The van der Waals surface area contributed by atoms with Crippen molar-refractivity contribution in [2.75, 3.05) is 6.79 Å². The number of ether oxygens (including phenoxy) is 2. The summed E-state index contributed by atoms with van der Waals surface area (Å²) < 4.78 is 13.4. The zero-order chi connectivity index (χ0) is 23.9. The van der Waals surface area contributed by atoms with Crippen molar-refractivity contribution in [1.29, 1.82) is 0 Å². The number of benzene rings is 1. The third kappa shape index (κ3) is 3.80. The van der Waals surface area contributed by atoms with E-state index in [-0.39, 0.29) is 18.9 Å². The van der Waals surface area contributed by atoms with Gasteiger partial charge in [0, 0.05) is 48.3 Å². The summed E-state index contributed by atoms with van der Waals surface area (Å²) in [6.07, 6.45) is 5.51. The Bertz CT molecular complexity index is 1390. The minimum absolute atomic E-state index is 0.0356. The molecule has 2 aliphatic rings.